The van der Waals surface area contributed by atoms with Crippen LogP contribution in [0.2, 0.25) is 0 Å². The molecule has 0 bridgehead atoms. The number of thiazole rings is 1. The Labute approximate surface area is 184 Å². The van der Waals surface area contributed by atoms with Crippen LogP contribution in [-0.4, -0.2) is 21.5 Å². The van der Waals surface area contributed by atoms with Crippen molar-refractivity contribution in [3.63, 3.8) is 0 Å². The van der Waals surface area contributed by atoms with Crippen molar-refractivity contribution in [2.24, 2.45) is 0 Å². The summed E-state index contributed by atoms with van der Waals surface area (Å²) in [5, 5.41) is 6.38. The molecule has 0 aliphatic heterocycles. The molecule has 3 N–H and O–H groups in total. The van der Waals surface area contributed by atoms with E-state index < -0.39 is 0 Å². The number of hydrogen-bond donors (Lipinski definition) is 2. The van der Waals surface area contributed by atoms with E-state index in [0.717, 1.165) is 33.0 Å². The Morgan fingerprint density at radius 1 is 1.03 bits per heavy atom. The van der Waals surface area contributed by atoms with Gasteiger partial charge in [0.25, 0.3) is 0 Å². The van der Waals surface area contributed by atoms with Crippen LogP contribution >= 0.6 is 11.3 Å². The minimum Gasteiger partial charge on any atom is -0.393 e. The summed E-state index contributed by atoms with van der Waals surface area (Å²) in [6.45, 7) is 4.88. The summed E-state index contributed by atoms with van der Waals surface area (Å²) in [5.74, 6) is 1.23. The molecule has 0 aliphatic rings. The van der Waals surface area contributed by atoms with Crippen molar-refractivity contribution in [3.05, 3.63) is 72.6 Å². The van der Waals surface area contributed by atoms with Crippen LogP contribution in [0, 0.1) is 6.92 Å². The fraction of sp³-hybridized carbons (Fsp3) is 0.125. The summed E-state index contributed by atoms with van der Waals surface area (Å²) >= 11 is 1.58. The van der Waals surface area contributed by atoms with Crippen LogP contribution in [-0.2, 0) is 0 Å². The van der Waals surface area contributed by atoms with Crippen LogP contribution in [0.1, 0.15) is 12.5 Å². The fourth-order valence-electron chi connectivity index (χ4n) is 3.77. The monoisotopic (exact) mass is 426 g/mol. The van der Waals surface area contributed by atoms with Gasteiger partial charge in [-0.25, -0.2) is 15.0 Å². The first kappa shape index (κ1) is 19.3. The summed E-state index contributed by atoms with van der Waals surface area (Å²) in [7, 11) is 0. The number of fused-ring (bicyclic) bond motifs is 2. The van der Waals surface area contributed by atoms with Gasteiger partial charge in [-0.15, -0.1) is 0 Å². The zero-order valence-corrected chi connectivity index (χ0v) is 18.1. The van der Waals surface area contributed by atoms with Gasteiger partial charge in [0.1, 0.15) is 12.0 Å². The molecular weight excluding hydrogens is 404 g/mol. The Bertz CT molecular complexity index is 1390. The van der Waals surface area contributed by atoms with Gasteiger partial charge in [0, 0.05) is 11.9 Å². The van der Waals surface area contributed by atoms with Crippen molar-refractivity contribution < 1.29 is 0 Å². The van der Waals surface area contributed by atoms with Gasteiger partial charge in [-0.05, 0) is 43.0 Å². The summed E-state index contributed by atoms with van der Waals surface area (Å²) < 4.78 is 1.13. The van der Waals surface area contributed by atoms with Crippen molar-refractivity contribution in [1.82, 2.24) is 15.0 Å². The third-order valence-corrected chi connectivity index (χ3v) is 6.20. The molecule has 0 radical (unpaired) electrons. The molecule has 154 valence electrons. The summed E-state index contributed by atoms with van der Waals surface area (Å²) in [6, 6.07) is 20.8. The lowest BCUT2D eigenvalue weighted by molar-refractivity contribution is 0.985. The highest BCUT2D eigenvalue weighted by Gasteiger charge is 2.18. The van der Waals surface area contributed by atoms with Crippen molar-refractivity contribution >= 4 is 60.5 Å². The SMILES string of the molecule is CCN(c1ncnc(Nc2nc3ccc(C)cc3s2)c1N)c1cccc2ccccc12. The molecule has 5 aromatic rings. The van der Waals surface area contributed by atoms with Gasteiger partial charge < -0.3 is 16.0 Å². The normalized spacial score (nSPS) is 11.2. The number of hydrogen-bond acceptors (Lipinski definition) is 7. The first-order chi connectivity index (χ1) is 15.1. The molecule has 5 rings (SSSR count). The minimum atomic E-state index is 0.493. The van der Waals surface area contributed by atoms with E-state index in [1.165, 1.54) is 10.9 Å². The van der Waals surface area contributed by atoms with Crippen molar-refractivity contribution in [1.29, 1.82) is 0 Å². The quantitative estimate of drug-likeness (QED) is 0.357. The molecule has 0 fully saturated rings. The van der Waals surface area contributed by atoms with E-state index in [0.29, 0.717) is 17.3 Å². The summed E-state index contributed by atoms with van der Waals surface area (Å²) in [6.07, 6.45) is 1.54. The number of nitrogens with zero attached hydrogens (tertiary/aromatic N) is 4. The molecule has 0 saturated heterocycles. The first-order valence-electron chi connectivity index (χ1n) is 10.1. The number of aromatic nitrogens is 3. The number of benzene rings is 3. The van der Waals surface area contributed by atoms with E-state index in [1.807, 2.05) is 18.2 Å². The molecule has 0 aliphatic carbocycles. The third kappa shape index (κ3) is 3.53. The Morgan fingerprint density at radius 3 is 2.74 bits per heavy atom. The van der Waals surface area contributed by atoms with Crippen molar-refractivity contribution in [2.45, 2.75) is 13.8 Å². The van der Waals surface area contributed by atoms with E-state index in [-0.39, 0.29) is 0 Å². The molecule has 0 amide bonds. The minimum absolute atomic E-state index is 0.493. The molecule has 7 heteroatoms. The van der Waals surface area contributed by atoms with Gasteiger partial charge in [0.2, 0.25) is 0 Å². The molecule has 3 aromatic carbocycles. The molecule has 2 aromatic heterocycles. The molecule has 0 spiro atoms. The predicted molar refractivity (Wildman–Crippen MR) is 131 cm³/mol. The fourth-order valence-corrected chi connectivity index (χ4v) is 4.73. The van der Waals surface area contributed by atoms with Crippen molar-refractivity contribution in [3.8, 4) is 0 Å². The standard InChI is InChI=1S/C24H22N6S/c1-3-30(19-10-6-8-16-7-4-5-9-17(16)19)23-21(25)22(26-14-27-23)29-24-28-18-12-11-15(2)13-20(18)31-24/h4-14H,3,25H2,1-2H3,(H,26,27,28,29). The average Bonchev–Trinajstić information content (AvgIpc) is 3.18. The Hall–Kier alpha value is -3.71. The maximum Gasteiger partial charge on any atom is 0.189 e. The topological polar surface area (TPSA) is 80.0 Å². The van der Waals surface area contributed by atoms with Gasteiger partial charge in [0.15, 0.2) is 16.8 Å². The largest absolute Gasteiger partial charge is 0.393 e. The molecule has 2 heterocycles. The van der Waals surface area contributed by atoms with Gasteiger partial charge in [-0.3, -0.25) is 0 Å². The number of nitrogens with two attached hydrogens (primary N) is 1. The highest BCUT2D eigenvalue weighted by Crippen LogP contribution is 2.37. The highest BCUT2D eigenvalue weighted by atomic mass is 32.1. The summed E-state index contributed by atoms with van der Waals surface area (Å²) in [4.78, 5) is 15.7. The van der Waals surface area contributed by atoms with Crippen LogP contribution in [0.5, 0.6) is 0 Å². The molecule has 31 heavy (non-hydrogen) atoms. The summed E-state index contributed by atoms with van der Waals surface area (Å²) in [5.41, 5.74) is 10.3. The van der Waals surface area contributed by atoms with Gasteiger partial charge in [-0.1, -0.05) is 53.8 Å². The second kappa shape index (κ2) is 7.85. The number of nitrogen functional groups attached to an aromatic ring is 1. The molecular formula is C24H22N6S. The Morgan fingerprint density at radius 2 is 1.87 bits per heavy atom. The molecule has 0 atom stereocenters. The lowest BCUT2D eigenvalue weighted by atomic mass is 10.1. The Kier molecular flexibility index (Phi) is 4.88. The van der Waals surface area contributed by atoms with Crippen molar-refractivity contribution in [2.75, 3.05) is 22.5 Å². The molecule has 6 nitrogen and oxygen atoms in total. The second-order valence-corrected chi connectivity index (χ2v) is 8.35. The van der Waals surface area contributed by atoms with E-state index >= 15 is 0 Å². The van der Waals surface area contributed by atoms with Crippen LogP contribution in [0.4, 0.5) is 28.1 Å². The van der Waals surface area contributed by atoms with E-state index in [9.17, 15) is 0 Å². The maximum atomic E-state index is 6.56. The van der Waals surface area contributed by atoms with Crippen LogP contribution in [0.3, 0.4) is 0 Å². The van der Waals surface area contributed by atoms with Gasteiger partial charge in [-0.2, -0.15) is 0 Å². The zero-order chi connectivity index (χ0) is 21.4. The van der Waals surface area contributed by atoms with Crippen LogP contribution in [0.25, 0.3) is 21.0 Å². The van der Waals surface area contributed by atoms with Gasteiger partial charge >= 0.3 is 0 Å². The van der Waals surface area contributed by atoms with E-state index in [2.05, 4.69) is 81.5 Å². The third-order valence-electron chi connectivity index (χ3n) is 5.26. The molecule has 0 saturated carbocycles. The van der Waals surface area contributed by atoms with Crippen LogP contribution < -0.4 is 16.0 Å². The maximum absolute atomic E-state index is 6.56. The predicted octanol–water partition coefficient (Wildman–Crippen LogP) is 6.03. The van der Waals surface area contributed by atoms with Gasteiger partial charge in [0.05, 0.1) is 15.9 Å². The number of rotatable bonds is 5. The highest BCUT2D eigenvalue weighted by molar-refractivity contribution is 7.22. The lowest BCUT2D eigenvalue weighted by Crippen LogP contribution is -2.20. The van der Waals surface area contributed by atoms with E-state index in [1.54, 1.807) is 17.7 Å². The number of anilines is 5. The number of nitrogens with one attached hydrogen (secondary N) is 1. The molecule has 0 unspecified atom stereocenters. The zero-order valence-electron chi connectivity index (χ0n) is 17.3. The Balaban J connectivity index is 1.54. The lowest BCUT2D eigenvalue weighted by Gasteiger charge is -2.25. The number of aryl methyl sites for hydroxylation is 1. The first-order valence-corrected chi connectivity index (χ1v) is 11.0. The van der Waals surface area contributed by atoms with Crippen LogP contribution in [0.15, 0.2) is 67.0 Å². The second-order valence-electron chi connectivity index (χ2n) is 7.32. The van der Waals surface area contributed by atoms with E-state index in [4.69, 9.17) is 5.73 Å². The average molecular weight is 427 g/mol. The smallest absolute Gasteiger partial charge is 0.189 e.